The maximum atomic E-state index is 13.0. The lowest BCUT2D eigenvalue weighted by Crippen LogP contribution is -2.58. The van der Waals surface area contributed by atoms with Gasteiger partial charge in [0.25, 0.3) is 0 Å². The van der Waals surface area contributed by atoms with E-state index in [2.05, 4.69) is 5.32 Å². The van der Waals surface area contributed by atoms with Crippen molar-refractivity contribution in [3.05, 3.63) is 29.3 Å². The first-order valence-electron chi connectivity index (χ1n) is 9.50. The van der Waals surface area contributed by atoms with Crippen LogP contribution in [0, 0.1) is 19.8 Å². The van der Waals surface area contributed by atoms with Gasteiger partial charge in [-0.25, -0.2) is 13.2 Å². The second-order valence-corrected chi connectivity index (χ2v) is 9.28. The van der Waals surface area contributed by atoms with Crippen LogP contribution in [0.15, 0.2) is 23.1 Å². The summed E-state index contributed by atoms with van der Waals surface area (Å²) in [5.41, 5.74) is 6.80. The molecule has 28 heavy (non-hydrogen) atoms. The SMILES string of the molecule is CCC(C)C(NC(N)=O)C(=O)N1CCN(S(=O)(=O)c2cc(C)ccc2C)CC1. The molecule has 1 saturated heterocycles. The highest BCUT2D eigenvalue weighted by atomic mass is 32.2. The lowest BCUT2D eigenvalue weighted by atomic mass is 9.97. The Morgan fingerprint density at radius 1 is 1.18 bits per heavy atom. The van der Waals surface area contributed by atoms with E-state index in [-0.39, 0.29) is 38.0 Å². The van der Waals surface area contributed by atoms with Gasteiger partial charge in [0.1, 0.15) is 6.04 Å². The van der Waals surface area contributed by atoms with Crippen molar-refractivity contribution in [2.75, 3.05) is 26.2 Å². The van der Waals surface area contributed by atoms with Crippen molar-refractivity contribution in [3.63, 3.8) is 0 Å². The molecular formula is C19H30N4O4S. The minimum atomic E-state index is -3.62. The number of hydrogen-bond acceptors (Lipinski definition) is 4. The fourth-order valence-electron chi connectivity index (χ4n) is 3.31. The fraction of sp³-hybridized carbons (Fsp3) is 0.579. The number of hydrogen-bond donors (Lipinski definition) is 2. The Morgan fingerprint density at radius 3 is 2.32 bits per heavy atom. The minimum Gasteiger partial charge on any atom is -0.352 e. The van der Waals surface area contributed by atoms with Crippen LogP contribution in [0.4, 0.5) is 4.79 Å². The average molecular weight is 411 g/mol. The van der Waals surface area contributed by atoms with Gasteiger partial charge in [0.15, 0.2) is 0 Å². The van der Waals surface area contributed by atoms with E-state index in [9.17, 15) is 18.0 Å². The number of nitrogens with zero attached hydrogens (tertiary/aromatic N) is 2. The predicted molar refractivity (Wildman–Crippen MR) is 107 cm³/mol. The molecule has 1 heterocycles. The molecule has 1 aromatic carbocycles. The summed E-state index contributed by atoms with van der Waals surface area (Å²) < 4.78 is 27.5. The van der Waals surface area contributed by atoms with E-state index in [1.165, 1.54) is 4.31 Å². The molecule has 1 aliphatic rings. The molecule has 0 aliphatic carbocycles. The van der Waals surface area contributed by atoms with E-state index < -0.39 is 22.1 Å². The molecule has 0 bridgehead atoms. The summed E-state index contributed by atoms with van der Waals surface area (Å²) in [5, 5.41) is 2.52. The summed E-state index contributed by atoms with van der Waals surface area (Å²) in [4.78, 5) is 26.0. The maximum Gasteiger partial charge on any atom is 0.312 e. The standard InChI is InChI=1S/C19H30N4O4S/c1-5-14(3)17(21-19(20)25)18(24)22-8-10-23(11-9-22)28(26,27)16-12-13(2)6-7-15(16)4/h6-7,12,14,17H,5,8-11H2,1-4H3,(H3,20,21,25). The van der Waals surface area contributed by atoms with E-state index in [1.807, 2.05) is 26.8 Å². The predicted octanol–water partition coefficient (Wildman–Crippen LogP) is 1.22. The van der Waals surface area contributed by atoms with Gasteiger partial charge in [0, 0.05) is 26.2 Å². The molecule has 0 saturated carbocycles. The quantitative estimate of drug-likeness (QED) is 0.734. The lowest BCUT2D eigenvalue weighted by Gasteiger charge is -2.37. The Kier molecular flexibility index (Phi) is 7.06. The monoisotopic (exact) mass is 410 g/mol. The molecule has 1 aromatic rings. The van der Waals surface area contributed by atoms with Gasteiger partial charge in [0.05, 0.1) is 4.90 Å². The largest absolute Gasteiger partial charge is 0.352 e. The number of nitrogens with two attached hydrogens (primary N) is 1. The second-order valence-electron chi connectivity index (χ2n) is 7.37. The summed E-state index contributed by atoms with van der Waals surface area (Å²) in [5.74, 6) is -0.298. The van der Waals surface area contributed by atoms with Crippen molar-refractivity contribution in [1.82, 2.24) is 14.5 Å². The van der Waals surface area contributed by atoms with Crippen LogP contribution in [0.5, 0.6) is 0 Å². The first kappa shape index (κ1) is 22.2. The number of amides is 3. The first-order chi connectivity index (χ1) is 13.1. The lowest BCUT2D eigenvalue weighted by molar-refractivity contribution is -0.135. The van der Waals surface area contributed by atoms with Gasteiger partial charge in [-0.3, -0.25) is 4.79 Å². The van der Waals surface area contributed by atoms with Crippen molar-refractivity contribution in [2.45, 2.75) is 45.1 Å². The van der Waals surface area contributed by atoms with Crippen LogP contribution >= 0.6 is 0 Å². The van der Waals surface area contributed by atoms with E-state index in [0.717, 1.165) is 5.56 Å². The van der Waals surface area contributed by atoms with E-state index in [1.54, 1.807) is 24.0 Å². The summed E-state index contributed by atoms with van der Waals surface area (Å²) in [6.07, 6.45) is 0.706. The first-order valence-corrected chi connectivity index (χ1v) is 10.9. The summed E-state index contributed by atoms with van der Waals surface area (Å²) in [6.45, 7) is 8.42. The van der Waals surface area contributed by atoms with Crippen molar-refractivity contribution in [1.29, 1.82) is 0 Å². The summed E-state index contributed by atoms with van der Waals surface area (Å²) in [6, 6.07) is 3.91. The molecule has 9 heteroatoms. The van der Waals surface area contributed by atoms with Gasteiger partial charge < -0.3 is 16.0 Å². The van der Waals surface area contributed by atoms with Crippen molar-refractivity contribution < 1.29 is 18.0 Å². The third-order valence-corrected chi connectivity index (χ3v) is 7.33. The molecule has 1 fully saturated rings. The second kappa shape index (κ2) is 8.91. The van der Waals surface area contributed by atoms with Crippen LogP contribution < -0.4 is 11.1 Å². The van der Waals surface area contributed by atoms with Crippen molar-refractivity contribution >= 4 is 22.0 Å². The van der Waals surface area contributed by atoms with Crippen molar-refractivity contribution in [3.8, 4) is 0 Å². The van der Waals surface area contributed by atoms with Crippen molar-refractivity contribution in [2.24, 2.45) is 11.7 Å². The zero-order valence-electron chi connectivity index (χ0n) is 16.9. The van der Waals surface area contributed by atoms with Crippen LogP contribution in [-0.4, -0.2) is 61.8 Å². The topological polar surface area (TPSA) is 113 Å². The number of primary amides is 1. The third kappa shape index (κ3) is 4.82. The average Bonchev–Trinajstić information content (AvgIpc) is 2.66. The van der Waals surface area contributed by atoms with Gasteiger partial charge >= 0.3 is 6.03 Å². The Bertz CT molecular complexity index is 832. The number of rotatable bonds is 6. The van der Waals surface area contributed by atoms with Gasteiger partial charge in [-0.1, -0.05) is 32.4 Å². The number of benzene rings is 1. The number of carbonyl (C=O) groups excluding carboxylic acids is 2. The Hall–Kier alpha value is -2.13. The zero-order valence-corrected chi connectivity index (χ0v) is 17.8. The van der Waals surface area contributed by atoms with Gasteiger partial charge in [-0.15, -0.1) is 0 Å². The van der Waals surface area contributed by atoms with Crippen LogP contribution in [0.2, 0.25) is 0 Å². The molecule has 2 rings (SSSR count). The highest BCUT2D eigenvalue weighted by Crippen LogP contribution is 2.23. The molecule has 2 unspecified atom stereocenters. The van der Waals surface area contributed by atoms with Gasteiger partial charge in [-0.2, -0.15) is 4.31 Å². The van der Waals surface area contributed by atoms with Gasteiger partial charge in [-0.05, 0) is 37.0 Å². The highest BCUT2D eigenvalue weighted by Gasteiger charge is 2.35. The molecule has 0 aromatic heterocycles. The van der Waals surface area contributed by atoms with Crippen LogP contribution in [0.25, 0.3) is 0 Å². The molecule has 3 N–H and O–H groups in total. The number of urea groups is 1. The minimum absolute atomic E-state index is 0.0725. The smallest absolute Gasteiger partial charge is 0.312 e. The molecule has 1 aliphatic heterocycles. The maximum absolute atomic E-state index is 13.0. The molecule has 2 atom stereocenters. The van der Waals surface area contributed by atoms with E-state index >= 15 is 0 Å². The fourth-order valence-corrected chi connectivity index (χ4v) is 5.04. The van der Waals surface area contributed by atoms with Crippen LogP contribution in [0.3, 0.4) is 0 Å². The van der Waals surface area contributed by atoms with E-state index in [0.29, 0.717) is 16.9 Å². The van der Waals surface area contributed by atoms with E-state index in [4.69, 9.17) is 5.73 Å². The van der Waals surface area contributed by atoms with Crippen LogP contribution in [-0.2, 0) is 14.8 Å². The molecule has 3 amide bonds. The molecular weight excluding hydrogens is 380 g/mol. The Balaban J connectivity index is 2.11. The summed E-state index contributed by atoms with van der Waals surface area (Å²) in [7, 11) is -3.62. The Labute approximate surface area is 167 Å². The van der Waals surface area contributed by atoms with Crippen LogP contribution in [0.1, 0.15) is 31.4 Å². The number of aryl methyl sites for hydroxylation is 2. The zero-order chi connectivity index (χ0) is 21.1. The molecule has 156 valence electrons. The normalized spacial score (nSPS) is 17.8. The number of piperazine rings is 1. The van der Waals surface area contributed by atoms with Gasteiger partial charge in [0.2, 0.25) is 15.9 Å². The summed E-state index contributed by atoms with van der Waals surface area (Å²) >= 11 is 0. The number of nitrogens with one attached hydrogen (secondary N) is 1. The Morgan fingerprint density at radius 2 is 1.79 bits per heavy atom. The third-order valence-electron chi connectivity index (χ3n) is 5.29. The number of sulfonamides is 1. The highest BCUT2D eigenvalue weighted by molar-refractivity contribution is 7.89. The molecule has 8 nitrogen and oxygen atoms in total. The molecule has 0 radical (unpaired) electrons. The number of carbonyl (C=O) groups is 2. The molecule has 0 spiro atoms.